The molecule has 2 aromatic rings. The van der Waals surface area contributed by atoms with Crippen LogP contribution in [0.5, 0.6) is 0 Å². The summed E-state index contributed by atoms with van der Waals surface area (Å²) in [5.74, 6) is 2.68. The summed E-state index contributed by atoms with van der Waals surface area (Å²) in [7, 11) is 0. The topological polar surface area (TPSA) is 63.1 Å². The van der Waals surface area contributed by atoms with Crippen LogP contribution in [0.4, 0.5) is 0 Å². The lowest BCUT2D eigenvalue weighted by molar-refractivity contribution is 0.0898. The number of nitrogens with one attached hydrogen (secondary N) is 1. The Morgan fingerprint density at radius 3 is 2.88 bits per heavy atom. The van der Waals surface area contributed by atoms with Crippen LogP contribution < -0.4 is 5.32 Å². The van der Waals surface area contributed by atoms with Crippen LogP contribution in [0.3, 0.4) is 0 Å². The van der Waals surface area contributed by atoms with E-state index in [4.69, 9.17) is 0 Å². The molecule has 2 aromatic heterocycles. The first-order chi connectivity index (χ1) is 12.3. The average Bonchev–Trinajstić information content (AvgIpc) is 3.27. The molecule has 2 atom stereocenters. The second kappa shape index (κ2) is 6.21. The number of carbonyl (C=O) groups is 1. The largest absolute Gasteiger partial charge is 0.347 e. The zero-order chi connectivity index (χ0) is 16.8. The summed E-state index contributed by atoms with van der Waals surface area (Å²) >= 11 is 1.83. The van der Waals surface area contributed by atoms with Crippen molar-refractivity contribution in [1.29, 1.82) is 0 Å². The molecular formula is C18H23N5OS. The Labute approximate surface area is 151 Å². The quantitative estimate of drug-likeness (QED) is 0.908. The molecule has 1 aliphatic carbocycles. The lowest BCUT2D eigenvalue weighted by atomic mass is 9.89. The molecule has 4 heterocycles. The lowest BCUT2D eigenvalue weighted by Crippen LogP contribution is -2.41. The van der Waals surface area contributed by atoms with Crippen LogP contribution in [0.25, 0.3) is 0 Å². The molecular weight excluding hydrogens is 334 g/mol. The van der Waals surface area contributed by atoms with Crippen LogP contribution in [0.2, 0.25) is 0 Å². The van der Waals surface area contributed by atoms with Crippen LogP contribution in [0.15, 0.2) is 17.5 Å². The number of fused-ring (bicyclic) bond motifs is 2. The predicted molar refractivity (Wildman–Crippen MR) is 95.4 cm³/mol. The van der Waals surface area contributed by atoms with Gasteiger partial charge in [0.15, 0.2) is 0 Å². The van der Waals surface area contributed by atoms with Gasteiger partial charge in [-0.1, -0.05) is 6.07 Å². The van der Waals surface area contributed by atoms with Crippen molar-refractivity contribution in [3.8, 4) is 0 Å². The fraction of sp³-hybridized carbons (Fsp3) is 0.611. The van der Waals surface area contributed by atoms with Crippen LogP contribution in [0.1, 0.15) is 40.6 Å². The number of carbonyl (C=O) groups excluding carboxylic acids is 1. The average molecular weight is 357 g/mol. The molecule has 25 heavy (non-hydrogen) atoms. The van der Waals surface area contributed by atoms with Gasteiger partial charge in [0, 0.05) is 43.5 Å². The smallest absolute Gasteiger partial charge is 0.289 e. The minimum absolute atomic E-state index is 0.0460. The minimum atomic E-state index is -0.0460. The van der Waals surface area contributed by atoms with Gasteiger partial charge in [-0.15, -0.1) is 21.5 Å². The molecule has 0 aromatic carbocycles. The van der Waals surface area contributed by atoms with Gasteiger partial charge in [-0.3, -0.25) is 9.69 Å². The van der Waals surface area contributed by atoms with Gasteiger partial charge in [0.05, 0.1) is 0 Å². The summed E-state index contributed by atoms with van der Waals surface area (Å²) in [5, 5.41) is 13.8. The van der Waals surface area contributed by atoms with Crippen molar-refractivity contribution >= 4 is 17.2 Å². The van der Waals surface area contributed by atoms with E-state index < -0.39 is 0 Å². The van der Waals surface area contributed by atoms with Gasteiger partial charge in [-0.2, -0.15) is 0 Å². The second-order valence-electron chi connectivity index (χ2n) is 7.65. The lowest BCUT2D eigenvalue weighted by Gasteiger charge is -2.28. The molecule has 7 heteroatoms. The van der Waals surface area contributed by atoms with Crippen LogP contribution >= 0.6 is 11.3 Å². The Morgan fingerprint density at radius 2 is 2.12 bits per heavy atom. The second-order valence-corrected chi connectivity index (χ2v) is 8.68. The van der Waals surface area contributed by atoms with E-state index in [1.807, 2.05) is 11.3 Å². The highest BCUT2D eigenvalue weighted by Crippen LogP contribution is 2.33. The number of nitrogens with zero attached hydrogens (tertiary/aromatic N) is 4. The first kappa shape index (κ1) is 15.5. The Balaban J connectivity index is 1.28. The molecule has 6 nitrogen and oxygen atoms in total. The van der Waals surface area contributed by atoms with E-state index in [1.165, 1.54) is 11.3 Å². The van der Waals surface area contributed by atoms with E-state index in [0.717, 1.165) is 51.3 Å². The monoisotopic (exact) mass is 357 g/mol. The minimum Gasteiger partial charge on any atom is -0.347 e. The molecule has 5 rings (SSSR count). The molecule has 0 radical (unpaired) electrons. The summed E-state index contributed by atoms with van der Waals surface area (Å²) < 4.78 is 2.07. The molecule has 1 saturated carbocycles. The highest BCUT2D eigenvalue weighted by atomic mass is 32.1. The van der Waals surface area contributed by atoms with Crippen molar-refractivity contribution in [2.24, 2.45) is 11.8 Å². The van der Waals surface area contributed by atoms with Crippen molar-refractivity contribution in [1.82, 2.24) is 25.0 Å². The number of thiophene rings is 1. The van der Waals surface area contributed by atoms with Gasteiger partial charge in [-0.25, -0.2) is 0 Å². The van der Waals surface area contributed by atoms with Crippen molar-refractivity contribution in [2.75, 3.05) is 13.1 Å². The SMILES string of the molecule is O=C(NC1CCC1)c1nnc2n1CC1CN(Cc3cccs3)CC1C2. The zero-order valence-electron chi connectivity index (χ0n) is 14.2. The Bertz CT molecular complexity index is 767. The van der Waals surface area contributed by atoms with Crippen molar-refractivity contribution in [2.45, 2.75) is 44.8 Å². The maximum absolute atomic E-state index is 12.5. The fourth-order valence-electron chi connectivity index (χ4n) is 4.34. The maximum atomic E-state index is 12.5. The normalized spacial score (nSPS) is 26.1. The third-order valence-electron chi connectivity index (χ3n) is 5.94. The standard InChI is InChI=1S/C18H23N5OS/c24-18(19-14-3-1-4-14)17-21-20-16-7-12-8-22(9-13(12)10-23(16)17)11-15-5-2-6-25-15/h2,5-6,12-14H,1,3-4,7-11H2,(H,19,24). The van der Waals surface area contributed by atoms with E-state index in [0.29, 0.717) is 23.7 Å². The molecule has 0 spiro atoms. The van der Waals surface area contributed by atoms with Gasteiger partial charge in [0.1, 0.15) is 5.82 Å². The number of likely N-dealkylation sites (tertiary alicyclic amines) is 1. The first-order valence-electron chi connectivity index (χ1n) is 9.24. The van der Waals surface area contributed by atoms with Gasteiger partial charge >= 0.3 is 0 Å². The van der Waals surface area contributed by atoms with Crippen LogP contribution in [-0.2, 0) is 19.5 Å². The van der Waals surface area contributed by atoms with Crippen LogP contribution in [0, 0.1) is 11.8 Å². The Morgan fingerprint density at radius 1 is 1.24 bits per heavy atom. The molecule has 2 unspecified atom stereocenters. The molecule has 2 aliphatic heterocycles. The van der Waals surface area contributed by atoms with E-state index in [9.17, 15) is 4.79 Å². The first-order valence-corrected chi connectivity index (χ1v) is 10.1. The van der Waals surface area contributed by atoms with Crippen molar-refractivity contribution < 1.29 is 4.79 Å². The summed E-state index contributed by atoms with van der Waals surface area (Å²) in [6.07, 6.45) is 4.34. The third kappa shape index (κ3) is 2.89. The highest BCUT2D eigenvalue weighted by molar-refractivity contribution is 7.09. The van der Waals surface area contributed by atoms with Crippen molar-refractivity contribution in [3.63, 3.8) is 0 Å². The predicted octanol–water partition coefficient (Wildman–Crippen LogP) is 1.93. The molecule has 3 aliphatic rings. The summed E-state index contributed by atoms with van der Waals surface area (Å²) in [6.45, 7) is 4.14. The summed E-state index contributed by atoms with van der Waals surface area (Å²) in [4.78, 5) is 16.5. The summed E-state index contributed by atoms with van der Waals surface area (Å²) in [6, 6.07) is 4.67. The highest BCUT2D eigenvalue weighted by Gasteiger charge is 2.39. The van der Waals surface area contributed by atoms with E-state index in [-0.39, 0.29) is 5.91 Å². The van der Waals surface area contributed by atoms with Crippen LogP contribution in [-0.4, -0.2) is 44.7 Å². The number of hydrogen-bond donors (Lipinski definition) is 1. The molecule has 1 amide bonds. The molecule has 1 saturated heterocycles. The van der Waals surface area contributed by atoms with E-state index in [2.05, 4.69) is 42.5 Å². The van der Waals surface area contributed by atoms with Gasteiger partial charge < -0.3 is 9.88 Å². The number of aromatic nitrogens is 3. The number of rotatable bonds is 4. The Hall–Kier alpha value is -1.73. The Kier molecular flexibility index (Phi) is 3.86. The van der Waals surface area contributed by atoms with E-state index >= 15 is 0 Å². The maximum Gasteiger partial charge on any atom is 0.289 e. The van der Waals surface area contributed by atoms with Gasteiger partial charge in [0.25, 0.3) is 5.91 Å². The third-order valence-corrected chi connectivity index (χ3v) is 6.81. The van der Waals surface area contributed by atoms with Gasteiger partial charge in [-0.05, 0) is 42.5 Å². The van der Waals surface area contributed by atoms with E-state index in [1.54, 1.807) is 0 Å². The molecule has 132 valence electrons. The molecule has 2 fully saturated rings. The number of hydrogen-bond acceptors (Lipinski definition) is 5. The summed E-state index contributed by atoms with van der Waals surface area (Å²) in [5.41, 5.74) is 0. The zero-order valence-corrected chi connectivity index (χ0v) is 15.0. The van der Waals surface area contributed by atoms with Gasteiger partial charge in [0.2, 0.25) is 5.82 Å². The fourth-order valence-corrected chi connectivity index (χ4v) is 5.09. The number of amides is 1. The molecule has 0 bridgehead atoms. The molecule has 1 N–H and O–H groups in total. The van der Waals surface area contributed by atoms with Crippen molar-refractivity contribution in [3.05, 3.63) is 34.0 Å².